The highest BCUT2D eigenvalue weighted by atomic mass is 16.5. The molecule has 0 bridgehead atoms. The number of hydrogen-bond donors (Lipinski definition) is 0. The zero-order valence-electron chi connectivity index (χ0n) is 12.7. The summed E-state index contributed by atoms with van der Waals surface area (Å²) in [6.07, 6.45) is 3.57. The Balaban J connectivity index is 2.20. The molecule has 1 heterocycles. The highest BCUT2D eigenvalue weighted by Gasteiger charge is 2.25. The van der Waals surface area contributed by atoms with Gasteiger partial charge in [0.15, 0.2) is 0 Å². The maximum absolute atomic E-state index is 6.01. The molecule has 0 N–H and O–H groups in total. The Kier molecular flexibility index (Phi) is 6.06. The van der Waals surface area contributed by atoms with Crippen LogP contribution in [0.4, 0.5) is 0 Å². The van der Waals surface area contributed by atoms with Crippen molar-refractivity contribution < 1.29 is 4.74 Å². The van der Waals surface area contributed by atoms with Gasteiger partial charge in [-0.1, -0.05) is 43.7 Å². The number of unbranched alkanes of at least 4 members (excludes halogenated alkanes) is 1. The average Bonchev–Trinajstić information content (AvgIpc) is 2.52. The van der Waals surface area contributed by atoms with Crippen LogP contribution >= 0.6 is 0 Å². The smallest absolute Gasteiger partial charge is 0.140 e. The average molecular weight is 274 g/mol. The summed E-state index contributed by atoms with van der Waals surface area (Å²) in [6, 6.07) is 10.5. The molecule has 1 aliphatic rings. The molecule has 1 aromatic rings. The summed E-state index contributed by atoms with van der Waals surface area (Å²) in [7, 11) is 0. The number of amidine groups is 1. The largest absolute Gasteiger partial charge is 0.366 e. The van der Waals surface area contributed by atoms with Crippen molar-refractivity contribution in [3.8, 4) is 0 Å². The van der Waals surface area contributed by atoms with Crippen LogP contribution in [0.2, 0.25) is 0 Å². The Morgan fingerprint density at radius 1 is 1.25 bits per heavy atom. The second kappa shape index (κ2) is 8.05. The fourth-order valence-electron chi connectivity index (χ4n) is 2.61. The van der Waals surface area contributed by atoms with Crippen molar-refractivity contribution in [3.63, 3.8) is 0 Å². The van der Waals surface area contributed by atoms with Crippen molar-refractivity contribution in [2.75, 3.05) is 26.2 Å². The molecule has 0 fully saturated rings. The van der Waals surface area contributed by atoms with E-state index < -0.39 is 0 Å². The fourth-order valence-corrected chi connectivity index (χ4v) is 2.61. The molecular formula is C17H26N2O. The maximum atomic E-state index is 6.01. The number of aliphatic imine (C=N–C) groups is 1. The van der Waals surface area contributed by atoms with Crippen LogP contribution in [0.5, 0.6) is 0 Å². The number of ether oxygens (including phenoxy) is 1. The van der Waals surface area contributed by atoms with E-state index in [1.165, 1.54) is 18.4 Å². The van der Waals surface area contributed by atoms with E-state index in [1.54, 1.807) is 0 Å². The van der Waals surface area contributed by atoms with Gasteiger partial charge < -0.3 is 9.64 Å². The van der Waals surface area contributed by atoms with E-state index in [4.69, 9.17) is 9.73 Å². The lowest BCUT2D eigenvalue weighted by molar-refractivity contribution is 0.0979. The number of rotatable bonds is 7. The third-order valence-corrected chi connectivity index (χ3v) is 3.64. The van der Waals surface area contributed by atoms with Crippen LogP contribution in [0.3, 0.4) is 0 Å². The molecule has 0 aromatic heterocycles. The molecule has 1 aliphatic heterocycles. The summed E-state index contributed by atoms with van der Waals surface area (Å²) >= 11 is 0. The molecule has 0 saturated carbocycles. The van der Waals surface area contributed by atoms with E-state index in [-0.39, 0.29) is 6.10 Å². The molecule has 3 nitrogen and oxygen atoms in total. The fraction of sp³-hybridized carbons (Fsp3) is 0.588. The minimum Gasteiger partial charge on any atom is -0.366 e. The Morgan fingerprint density at radius 2 is 2.05 bits per heavy atom. The second-order valence-corrected chi connectivity index (χ2v) is 5.18. The Labute approximate surface area is 122 Å². The molecule has 0 amide bonds. The first-order valence-electron chi connectivity index (χ1n) is 7.82. The Bertz CT molecular complexity index is 416. The Morgan fingerprint density at radius 3 is 2.75 bits per heavy atom. The molecule has 0 unspecified atom stereocenters. The zero-order valence-corrected chi connectivity index (χ0v) is 12.7. The molecule has 1 atom stereocenters. The molecular weight excluding hydrogens is 248 g/mol. The molecule has 110 valence electrons. The van der Waals surface area contributed by atoms with Crippen molar-refractivity contribution in [1.29, 1.82) is 0 Å². The van der Waals surface area contributed by atoms with Crippen LogP contribution in [0.1, 0.15) is 44.8 Å². The third kappa shape index (κ3) is 3.83. The molecule has 20 heavy (non-hydrogen) atoms. The standard InChI is InChI=1S/C17H26N2O/c1-3-5-13-19-14-9-12-18-17(19)16(20-4-2)15-10-7-6-8-11-15/h6-8,10-11,16H,3-5,9,12-14H2,1-2H3/t16-/m0/s1. The van der Waals surface area contributed by atoms with Gasteiger partial charge in [-0.2, -0.15) is 0 Å². The number of benzene rings is 1. The lowest BCUT2D eigenvalue weighted by Crippen LogP contribution is -2.40. The highest BCUT2D eigenvalue weighted by molar-refractivity contribution is 5.88. The minimum atomic E-state index is -0.0154. The van der Waals surface area contributed by atoms with Gasteiger partial charge >= 0.3 is 0 Å². The van der Waals surface area contributed by atoms with E-state index in [9.17, 15) is 0 Å². The van der Waals surface area contributed by atoms with Crippen molar-refractivity contribution in [1.82, 2.24) is 4.90 Å². The lowest BCUT2D eigenvalue weighted by Gasteiger charge is -2.34. The predicted molar refractivity (Wildman–Crippen MR) is 84.2 cm³/mol. The van der Waals surface area contributed by atoms with Crippen LogP contribution < -0.4 is 0 Å². The first-order chi connectivity index (χ1) is 9.86. The van der Waals surface area contributed by atoms with Crippen LogP contribution in [0.15, 0.2) is 35.3 Å². The van der Waals surface area contributed by atoms with Crippen LogP contribution in [-0.4, -0.2) is 37.0 Å². The van der Waals surface area contributed by atoms with Gasteiger partial charge in [-0.15, -0.1) is 0 Å². The van der Waals surface area contributed by atoms with Crippen LogP contribution in [0, 0.1) is 0 Å². The van der Waals surface area contributed by atoms with E-state index in [1.807, 2.05) is 6.07 Å². The van der Waals surface area contributed by atoms with Crippen molar-refractivity contribution in [2.45, 2.75) is 39.2 Å². The summed E-state index contributed by atoms with van der Waals surface area (Å²) < 4.78 is 6.01. The second-order valence-electron chi connectivity index (χ2n) is 5.18. The maximum Gasteiger partial charge on any atom is 0.140 e. The minimum absolute atomic E-state index is 0.0154. The number of hydrogen-bond acceptors (Lipinski definition) is 3. The zero-order chi connectivity index (χ0) is 14.2. The summed E-state index contributed by atoms with van der Waals surface area (Å²) in [6.45, 7) is 8.11. The van der Waals surface area contributed by atoms with Crippen molar-refractivity contribution in [2.24, 2.45) is 4.99 Å². The molecule has 3 heteroatoms. The van der Waals surface area contributed by atoms with Gasteiger partial charge in [-0.25, -0.2) is 0 Å². The summed E-state index contributed by atoms with van der Waals surface area (Å²) in [4.78, 5) is 7.19. The van der Waals surface area contributed by atoms with Gasteiger partial charge in [0.25, 0.3) is 0 Å². The molecule has 1 aromatic carbocycles. The molecule has 0 spiro atoms. The van der Waals surface area contributed by atoms with Crippen molar-refractivity contribution >= 4 is 5.84 Å². The first kappa shape index (κ1) is 15.0. The Hall–Kier alpha value is -1.35. The predicted octanol–water partition coefficient (Wildman–Crippen LogP) is 3.67. The van der Waals surface area contributed by atoms with E-state index in [2.05, 4.69) is 43.0 Å². The van der Waals surface area contributed by atoms with Gasteiger partial charge in [-0.05, 0) is 25.3 Å². The van der Waals surface area contributed by atoms with E-state index >= 15 is 0 Å². The molecule has 2 rings (SSSR count). The van der Waals surface area contributed by atoms with Gasteiger partial charge in [0, 0.05) is 26.2 Å². The monoisotopic (exact) mass is 274 g/mol. The summed E-state index contributed by atoms with van der Waals surface area (Å²) in [5.74, 6) is 1.12. The molecule has 0 saturated heterocycles. The van der Waals surface area contributed by atoms with Crippen LogP contribution in [0.25, 0.3) is 0 Å². The van der Waals surface area contributed by atoms with Gasteiger partial charge in [0.2, 0.25) is 0 Å². The quantitative estimate of drug-likeness (QED) is 0.758. The van der Waals surface area contributed by atoms with Crippen LogP contribution in [-0.2, 0) is 4.74 Å². The van der Waals surface area contributed by atoms with Gasteiger partial charge in [0.05, 0.1) is 0 Å². The highest BCUT2D eigenvalue weighted by Crippen LogP contribution is 2.23. The topological polar surface area (TPSA) is 24.8 Å². The first-order valence-corrected chi connectivity index (χ1v) is 7.82. The van der Waals surface area contributed by atoms with Gasteiger partial charge in [-0.3, -0.25) is 4.99 Å². The normalized spacial score (nSPS) is 16.9. The van der Waals surface area contributed by atoms with E-state index in [0.717, 1.165) is 31.9 Å². The summed E-state index contributed by atoms with van der Waals surface area (Å²) in [5, 5.41) is 0. The number of nitrogens with zero attached hydrogens (tertiary/aromatic N) is 2. The molecule has 0 aliphatic carbocycles. The van der Waals surface area contributed by atoms with Crippen molar-refractivity contribution in [3.05, 3.63) is 35.9 Å². The molecule has 0 radical (unpaired) electrons. The van der Waals surface area contributed by atoms with Gasteiger partial charge in [0.1, 0.15) is 11.9 Å². The summed E-state index contributed by atoms with van der Waals surface area (Å²) in [5.41, 5.74) is 1.21. The SMILES string of the molecule is CCCCN1CCCN=C1[C@@H](OCC)c1ccccc1. The third-order valence-electron chi connectivity index (χ3n) is 3.64. The lowest BCUT2D eigenvalue weighted by atomic mass is 10.1. The van der Waals surface area contributed by atoms with E-state index in [0.29, 0.717) is 6.61 Å².